The number of pyridine rings is 1. The zero-order valence-electron chi connectivity index (χ0n) is 10.7. The summed E-state index contributed by atoms with van der Waals surface area (Å²) in [5.74, 6) is 0. The second-order valence-electron chi connectivity index (χ2n) is 4.81. The predicted molar refractivity (Wildman–Crippen MR) is 73.1 cm³/mol. The molecule has 0 spiro atoms. The first-order chi connectivity index (χ1) is 8.19. The highest BCUT2D eigenvalue weighted by Gasteiger charge is 2.33. The summed E-state index contributed by atoms with van der Waals surface area (Å²) in [6, 6.07) is 2.91. The Morgan fingerprint density at radius 2 is 2.06 bits per heavy atom. The first-order valence-electron chi connectivity index (χ1n) is 5.45. The Kier molecular flexibility index (Phi) is 4.53. The van der Waals surface area contributed by atoms with E-state index in [1.807, 2.05) is 20.8 Å². The number of nitrogens with zero attached hydrogens (tertiary/aromatic N) is 2. The summed E-state index contributed by atoms with van der Waals surface area (Å²) < 4.78 is 26.3. The van der Waals surface area contributed by atoms with Gasteiger partial charge in [0.15, 0.2) is 0 Å². The smallest absolute Gasteiger partial charge is 0.243 e. The van der Waals surface area contributed by atoms with Crippen LogP contribution in [0.3, 0.4) is 0 Å². The molecule has 0 aliphatic rings. The van der Waals surface area contributed by atoms with E-state index in [2.05, 4.69) is 11.6 Å². The van der Waals surface area contributed by atoms with Gasteiger partial charge in [-0.25, -0.2) is 13.4 Å². The molecule has 0 amide bonds. The molecule has 1 heterocycles. The van der Waals surface area contributed by atoms with Gasteiger partial charge < -0.3 is 0 Å². The van der Waals surface area contributed by atoms with Gasteiger partial charge in [0.05, 0.1) is 0 Å². The highest BCUT2D eigenvalue weighted by molar-refractivity contribution is 7.89. The molecule has 0 atom stereocenters. The minimum atomic E-state index is -3.60. The third-order valence-corrected chi connectivity index (χ3v) is 4.67. The fourth-order valence-electron chi connectivity index (χ4n) is 1.49. The molecule has 1 aromatic rings. The SMILES string of the molecule is C=CCN(C(C)(C)C)S(=O)(=O)c1ccc(Cl)nc1. The summed E-state index contributed by atoms with van der Waals surface area (Å²) >= 11 is 5.66. The van der Waals surface area contributed by atoms with Crippen LogP contribution in [0.2, 0.25) is 5.15 Å². The van der Waals surface area contributed by atoms with Gasteiger partial charge in [-0.15, -0.1) is 6.58 Å². The molecule has 0 radical (unpaired) electrons. The summed E-state index contributed by atoms with van der Waals surface area (Å²) in [5, 5.41) is 0.264. The highest BCUT2D eigenvalue weighted by atomic mass is 35.5. The van der Waals surface area contributed by atoms with E-state index in [0.29, 0.717) is 0 Å². The summed E-state index contributed by atoms with van der Waals surface area (Å²) in [7, 11) is -3.60. The van der Waals surface area contributed by atoms with Crippen molar-refractivity contribution >= 4 is 21.6 Å². The number of halogens is 1. The zero-order chi connectivity index (χ0) is 14.0. The second-order valence-corrected chi connectivity index (χ2v) is 7.06. The van der Waals surface area contributed by atoms with E-state index in [-0.39, 0.29) is 16.6 Å². The summed E-state index contributed by atoms with van der Waals surface area (Å²) in [6.07, 6.45) is 2.83. The van der Waals surface area contributed by atoms with Gasteiger partial charge >= 0.3 is 0 Å². The van der Waals surface area contributed by atoms with Crippen molar-refractivity contribution < 1.29 is 8.42 Å². The molecular weight excluding hydrogens is 272 g/mol. The first kappa shape index (κ1) is 15.1. The summed E-state index contributed by atoms with van der Waals surface area (Å²) in [4.78, 5) is 3.93. The van der Waals surface area contributed by atoms with Gasteiger partial charge in [-0.3, -0.25) is 0 Å². The van der Waals surface area contributed by atoms with Crippen LogP contribution in [-0.4, -0.2) is 29.8 Å². The highest BCUT2D eigenvalue weighted by Crippen LogP contribution is 2.24. The Morgan fingerprint density at radius 3 is 2.44 bits per heavy atom. The van der Waals surface area contributed by atoms with Gasteiger partial charge in [0.1, 0.15) is 10.0 Å². The standard InChI is InChI=1S/C12H17ClN2O2S/c1-5-8-15(12(2,3)4)18(16,17)10-6-7-11(13)14-9-10/h5-7,9H,1,8H2,2-4H3. The number of hydrogen-bond acceptors (Lipinski definition) is 3. The van der Waals surface area contributed by atoms with Crippen molar-refractivity contribution in [1.82, 2.24) is 9.29 Å². The van der Waals surface area contributed by atoms with E-state index >= 15 is 0 Å². The molecule has 0 saturated heterocycles. The lowest BCUT2D eigenvalue weighted by Gasteiger charge is -2.33. The van der Waals surface area contributed by atoms with Crippen LogP contribution < -0.4 is 0 Å². The van der Waals surface area contributed by atoms with E-state index < -0.39 is 15.6 Å². The van der Waals surface area contributed by atoms with Crippen LogP contribution in [-0.2, 0) is 10.0 Å². The Bertz CT molecular complexity index is 518. The lowest BCUT2D eigenvalue weighted by Crippen LogP contribution is -2.45. The molecule has 6 heteroatoms. The van der Waals surface area contributed by atoms with Crippen molar-refractivity contribution in [2.24, 2.45) is 0 Å². The molecule has 18 heavy (non-hydrogen) atoms. The van der Waals surface area contributed by atoms with Gasteiger partial charge in [0, 0.05) is 18.3 Å². The maximum Gasteiger partial charge on any atom is 0.245 e. The molecule has 0 aliphatic carbocycles. The van der Waals surface area contributed by atoms with Crippen LogP contribution in [0, 0.1) is 0 Å². The number of aromatic nitrogens is 1. The third kappa shape index (κ3) is 3.31. The minimum Gasteiger partial charge on any atom is -0.243 e. The number of hydrogen-bond donors (Lipinski definition) is 0. The molecule has 0 unspecified atom stereocenters. The van der Waals surface area contributed by atoms with Crippen LogP contribution in [0.5, 0.6) is 0 Å². The van der Waals surface area contributed by atoms with E-state index in [4.69, 9.17) is 11.6 Å². The summed E-state index contributed by atoms with van der Waals surface area (Å²) in [5.41, 5.74) is -0.535. The lowest BCUT2D eigenvalue weighted by atomic mass is 10.1. The zero-order valence-corrected chi connectivity index (χ0v) is 12.3. The molecule has 0 saturated carbocycles. The van der Waals surface area contributed by atoms with Crippen LogP contribution in [0.4, 0.5) is 0 Å². The minimum absolute atomic E-state index is 0.128. The molecule has 4 nitrogen and oxygen atoms in total. The second kappa shape index (κ2) is 5.38. The van der Waals surface area contributed by atoms with Crippen molar-refractivity contribution in [3.63, 3.8) is 0 Å². The fraction of sp³-hybridized carbons (Fsp3) is 0.417. The third-order valence-electron chi connectivity index (χ3n) is 2.33. The molecule has 0 aromatic carbocycles. The van der Waals surface area contributed by atoms with Crippen molar-refractivity contribution in [1.29, 1.82) is 0 Å². The number of rotatable bonds is 4. The van der Waals surface area contributed by atoms with Crippen molar-refractivity contribution in [2.45, 2.75) is 31.2 Å². The van der Waals surface area contributed by atoms with Gasteiger partial charge in [-0.2, -0.15) is 4.31 Å². The van der Waals surface area contributed by atoms with E-state index in [0.717, 1.165) is 0 Å². The average Bonchev–Trinajstić information content (AvgIpc) is 2.24. The lowest BCUT2D eigenvalue weighted by molar-refractivity contribution is 0.270. The van der Waals surface area contributed by atoms with E-state index in [1.165, 1.54) is 22.6 Å². The largest absolute Gasteiger partial charge is 0.245 e. The van der Waals surface area contributed by atoms with Gasteiger partial charge in [-0.05, 0) is 32.9 Å². The molecule has 0 N–H and O–H groups in total. The topological polar surface area (TPSA) is 50.3 Å². The molecule has 0 aliphatic heterocycles. The van der Waals surface area contributed by atoms with Crippen molar-refractivity contribution in [3.05, 3.63) is 36.1 Å². The number of sulfonamides is 1. The van der Waals surface area contributed by atoms with Crippen molar-refractivity contribution in [3.8, 4) is 0 Å². The van der Waals surface area contributed by atoms with Crippen LogP contribution >= 0.6 is 11.6 Å². The molecule has 1 aromatic heterocycles. The molecular formula is C12H17ClN2O2S. The van der Waals surface area contributed by atoms with E-state index in [9.17, 15) is 8.42 Å². The maximum absolute atomic E-state index is 12.5. The summed E-state index contributed by atoms with van der Waals surface area (Å²) in [6.45, 7) is 9.33. The fourth-order valence-corrected chi connectivity index (χ4v) is 3.31. The quantitative estimate of drug-likeness (QED) is 0.632. The molecule has 1 rings (SSSR count). The van der Waals surface area contributed by atoms with Crippen LogP contribution in [0.15, 0.2) is 35.9 Å². The Balaban J connectivity index is 3.25. The Labute approximate surface area is 113 Å². The Hall–Kier alpha value is -0.910. The van der Waals surface area contributed by atoms with Gasteiger partial charge in [-0.1, -0.05) is 17.7 Å². The molecule has 100 valence electrons. The van der Waals surface area contributed by atoms with Gasteiger partial charge in [0.2, 0.25) is 10.0 Å². The predicted octanol–water partition coefficient (Wildman–Crippen LogP) is 2.71. The normalized spacial score (nSPS) is 12.7. The van der Waals surface area contributed by atoms with Crippen LogP contribution in [0.1, 0.15) is 20.8 Å². The first-order valence-corrected chi connectivity index (χ1v) is 7.26. The monoisotopic (exact) mass is 288 g/mol. The molecule has 0 fully saturated rings. The van der Waals surface area contributed by atoms with Crippen molar-refractivity contribution in [2.75, 3.05) is 6.54 Å². The van der Waals surface area contributed by atoms with Crippen LogP contribution in [0.25, 0.3) is 0 Å². The molecule has 0 bridgehead atoms. The average molecular weight is 289 g/mol. The Morgan fingerprint density at radius 1 is 1.44 bits per heavy atom. The van der Waals surface area contributed by atoms with Gasteiger partial charge in [0.25, 0.3) is 0 Å². The van der Waals surface area contributed by atoms with E-state index in [1.54, 1.807) is 6.08 Å². The maximum atomic E-state index is 12.5.